The number of ether oxygens (including phenoxy) is 1. The van der Waals surface area contributed by atoms with E-state index in [1.54, 1.807) is 13.8 Å². The summed E-state index contributed by atoms with van der Waals surface area (Å²) in [5, 5.41) is 3.28. The summed E-state index contributed by atoms with van der Waals surface area (Å²) in [5.41, 5.74) is 1.52. The summed E-state index contributed by atoms with van der Waals surface area (Å²) in [5.74, 6) is 0.162. The maximum atomic E-state index is 12.6. The molecule has 0 unspecified atom stereocenters. The van der Waals surface area contributed by atoms with E-state index < -0.39 is 5.97 Å². The minimum atomic E-state index is -0.417. The number of fused-ring (bicyclic) bond motifs is 1. The largest absolute Gasteiger partial charge is 0.462 e. The molecule has 6 nitrogen and oxygen atoms in total. The van der Waals surface area contributed by atoms with E-state index >= 15 is 0 Å². The number of thiophene rings is 1. The number of rotatable bonds is 6. The van der Waals surface area contributed by atoms with Gasteiger partial charge in [0.2, 0.25) is 0 Å². The number of halogens is 1. The molecule has 0 aliphatic rings. The van der Waals surface area contributed by atoms with E-state index in [1.807, 2.05) is 31.2 Å². The van der Waals surface area contributed by atoms with Crippen molar-refractivity contribution in [3.8, 4) is 0 Å². The molecule has 0 aliphatic carbocycles. The average molecular weight is 421 g/mol. The molecule has 0 fully saturated rings. The monoisotopic (exact) mass is 420 g/mol. The second-order valence-electron chi connectivity index (χ2n) is 6.73. The van der Waals surface area contributed by atoms with Crippen molar-refractivity contribution in [3.05, 3.63) is 61.5 Å². The lowest BCUT2D eigenvalue weighted by molar-refractivity contribution is -0.729. The SMILES string of the molecule is CCOC(=O)c1sc2nc([C@@H](C)[NH2+][C@@H](C)c3ccc(Cl)cc3)[nH]c(=O)c2c1C. The zero-order valence-corrected chi connectivity index (χ0v) is 17.8. The normalized spacial score (nSPS) is 13.5. The molecule has 2 heterocycles. The van der Waals surface area contributed by atoms with Gasteiger partial charge < -0.3 is 15.0 Å². The van der Waals surface area contributed by atoms with Crippen molar-refractivity contribution in [2.24, 2.45) is 0 Å². The van der Waals surface area contributed by atoms with E-state index in [2.05, 4.69) is 22.2 Å². The van der Waals surface area contributed by atoms with Crippen LogP contribution >= 0.6 is 22.9 Å². The second-order valence-corrected chi connectivity index (χ2v) is 8.16. The fourth-order valence-electron chi connectivity index (χ4n) is 3.17. The second kappa shape index (κ2) is 8.43. The van der Waals surface area contributed by atoms with Crippen LogP contribution in [0.4, 0.5) is 0 Å². The highest BCUT2D eigenvalue weighted by molar-refractivity contribution is 7.20. The molecule has 0 aliphatic heterocycles. The van der Waals surface area contributed by atoms with Crippen molar-refractivity contribution in [1.29, 1.82) is 0 Å². The van der Waals surface area contributed by atoms with Gasteiger partial charge in [-0.25, -0.2) is 9.78 Å². The van der Waals surface area contributed by atoms with Gasteiger partial charge in [-0.05, 0) is 45.4 Å². The summed E-state index contributed by atoms with van der Waals surface area (Å²) in [7, 11) is 0. The van der Waals surface area contributed by atoms with E-state index in [4.69, 9.17) is 16.3 Å². The maximum Gasteiger partial charge on any atom is 0.348 e. The Hall–Kier alpha value is -2.22. The molecule has 148 valence electrons. The van der Waals surface area contributed by atoms with Crippen LogP contribution in [0.3, 0.4) is 0 Å². The summed E-state index contributed by atoms with van der Waals surface area (Å²) in [4.78, 5) is 33.2. The molecule has 0 spiro atoms. The molecule has 2 aromatic heterocycles. The standard InChI is InChI=1S/C20H22ClN3O3S/c1-5-27-20(26)16-10(2)15-18(25)23-17(24-19(15)28-16)12(4)22-11(3)13-6-8-14(21)9-7-13/h6-9,11-12,22H,5H2,1-4H3,(H,23,24,25)/p+1/t11-,12+/m0/s1. The van der Waals surface area contributed by atoms with Crippen LogP contribution in [0.1, 0.15) is 59.5 Å². The van der Waals surface area contributed by atoms with Crippen molar-refractivity contribution in [2.45, 2.75) is 39.8 Å². The van der Waals surface area contributed by atoms with Crippen LogP contribution in [0.5, 0.6) is 0 Å². The summed E-state index contributed by atoms with van der Waals surface area (Å²) < 4.78 is 5.08. The highest BCUT2D eigenvalue weighted by atomic mass is 35.5. The van der Waals surface area contributed by atoms with Crippen LogP contribution in [0.25, 0.3) is 10.2 Å². The predicted octanol–water partition coefficient (Wildman–Crippen LogP) is 3.51. The molecule has 3 N–H and O–H groups in total. The number of nitrogens with zero attached hydrogens (tertiary/aromatic N) is 1. The first-order chi connectivity index (χ1) is 13.3. The molecular formula is C20H23ClN3O3S+. The van der Waals surface area contributed by atoms with Gasteiger partial charge >= 0.3 is 5.97 Å². The van der Waals surface area contributed by atoms with Crippen LogP contribution in [0.2, 0.25) is 5.02 Å². The number of aryl methyl sites for hydroxylation is 1. The third kappa shape index (κ3) is 4.11. The first-order valence-corrected chi connectivity index (χ1v) is 10.3. The smallest absolute Gasteiger partial charge is 0.348 e. The Balaban J connectivity index is 1.89. The van der Waals surface area contributed by atoms with Gasteiger partial charge in [0.05, 0.1) is 12.0 Å². The third-order valence-electron chi connectivity index (χ3n) is 4.68. The Morgan fingerprint density at radius 3 is 2.61 bits per heavy atom. The number of H-pyrrole nitrogens is 1. The van der Waals surface area contributed by atoms with Gasteiger partial charge in [-0.2, -0.15) is 0 Å². The first-order valence-electron chi connectivity index (χ1n) is 9.12. The van der Waals surface area contributed by atoms with Gasteiger partial charge in [-0.1, -0.05) is 23.7 Å². The van der Waals surface area contributed by atoms with Crippen molar-refractivity contribution in [3.63, 3.8) is 0 Å². The number of carbonyl (C=O) groups is 1. The van der Waals surface area contributed by atoms with Crippen LogP contribution in [-0.2, 0) is 4.74 Å². The number of aromatic amines is 1. The minimum Gasteiger partial charge on any atom is -0.462 e. The third-order valence-corrected chi connectivity index (χ3v) is 6.10. The number of aromatic nitrogens is 2. The molecule has 0 saturated heterocycles. The lowest BCUT2D eigenvalue weighted by Gasteiger charge is -2.16. The van der Waals surface area contributed by atoms with Gasteiger partial charge in [0.1, 0.15) is 21.8 Å². The minimum absolute atomic E-state index is 0.0729. The number of quaternary nitrogens is 1. The van der Waals surface area contributed by atoms with Crippen LogP contribution in [0, 0.1) is 6.92 Å². The van der Waals surface area contributed by atoms with E-state index in [-0.39, 0.29) is 24.2 Å². The van der Waals surface area contributed by atoms with Crippen LogP contribution in [-0.4, -0.2) is 22.5 Å². The Kier molecular flexibility index (Phi) is 6.17. The lowest BCUT2D eigenvalue weighted by atomic mass is 10.1. The molecule has 8 heteroatoms. The van der Waals surface area contributed by atoms with Gasteiger partial charge in [0.15, 0.2) is 5.82 Å². The number of carbonyl (C=O) groups excluding carboxylic acids is 1. The molecule has 0 saturated carbocycles. The number of hydrogen-bond acceptors (Lipinski definition) is 5. The van der Waals surface area contributed by atoms with E-state index in [1.165, 1.54) is 11.3 Å². The first kappa shape index (κ1) is 20.5. The molecule has 3 rings (SSSR count). The number of esters is 1. The Labute approximate surface area is 171 Å². The van der Waals surface area contributed by atoms with Crippen LogP contribution in [0.15, 0.2) is 29.1 Å². The number of nitrogens with one attached hydrogen (secondary N) is 1. The predicted molar refractivity (Wildman–Crippen MR) is 111 cm³/mol. The molecule has 28 heavy (non-hydrogen) atoms. The highest BCUT2D eigenvalue weighted by Crippen LogP contribution is 2.28. The number of hydrogen-bond donors (Lipinski definition) is 2. The summed E-state index contributed by atoms with van der Waals surface area (Å²) in [6.45, 7) is 7.87. The van der Waals surface area contributed by atoms with Gasteiger partial charge in [0, 0.05) is 10.6 Å². The molecular weight excluding hydrogens is 398 g/mol. The van der Waals surface area contributed by atoms with E-state index in [9.17, 15) is 9.59 Å². The molecule has 0 amide bonds. The Bertz CT molecular complexity index is 1060. The van der Waals surface area contributed by atoms with Gasteiger partial charge in [0.25, 0.3) is 5.56 Å². The zero-order chi connectivity index (χ0) is 20.4. The summed E-state index contributed by atoms with van der Waals surface area (Å²) in [6.07, 6.45) is 0. The van der Waals surface area contributed by atoms with Crippen molar-refractivity contribution >= 4 is 39.1 Å². The number of benzene rings is 1. The molecule has 3 aromatic rings. The molecule has 0 radical (unpaired) electrons. The summed E-state index contributed by atoms with van der Waals surface area (Å²) in [6, 6.07) is 7.80. The molecule has 0 bridgehead atoms. The van der Waals surface area contributed by atoms with Crippen molar-refractivity contribution in [2.75, 3.05) is 6.61 Å². The lowest BCUT2D eigenvalue weighted by Crippen LogP contribution is -2.85. The molecule has 2 atom stereocenters. The van der Waals surface area contributed by atoms with Crippen molar-refractivity contribution in [1.82, 2.24) is 9.97 Å². The number of nitrogens with two attached hydrogens (primary N) is 1. The van der Waals surface area contributed by atoms with E-state index in [0.717, 1.165) is 5.56 Å². The van der Waals surface area contributed by atoms with Crippen LogP contribution < -0.4 is 10.9 Å². The highest BCUT2D eigenvalue weighted by Gasteiger charge is 2.23. The van der Waals surface area contributed by atoms with Crippen molar-refractivity contribution < 1.29 is 14.8 Å². The average Bonchev–Trinajstić information content (AvgIpc) is 2.99. The maximum absolute atomic E-state index is 12.6. The fraction of sp³-hybridized carbons (Fsp3) is 0.350. The zero-order valence-electron chi connectivity index (χ0n) is 16.2. The van der Waals surface area contributed by atoms with E-state index in [0.29, 0.717) is 31.5 Å². The van der Waals surface area contributed by atoms with Gasteiger partial charge in [-0.3, -0.25) is 4.79 Å². The Morgan fingerprint density at radius 1 is 1.29 bits per heavy atom. The van der Waals surface area contributed by atoms with Gasteiger partial charge in [-0.15, -0.1) is 11.3 Å². The molecule has 1 aromatic carbocycles. The fourth-order valence-corrected chi connectivity index (χ4v) is 4.38. The quantitative estimate of drug-likeness (QED) is 0.597. The Morgan fingerprint density at radius 2 is 1.96 bits per heavy atom. The summed E-state index contributed by atoms with van der Waals surface area (Å²) >= 11 is 7.16. The topological polar surface area (TPSA) is 88.7 Å².